The van der Waals surface area contributed by atoms with Gasteiger partial charge in [0.1, 0.15) is 5.76 Å². The molecule has 24 heavy (non-hydrogen) atoms. The molecular formula is C17H20N2O4S. The van der Waals surface area contributed by atoms with Crippen LogP contribution in [0.3, 0.4) is 0 Å². The third-order valence-electron chi connectivity index (χ3n) is 3.37. The van der Waals surface area contributed by atoms with Crippen molar-refractivity contribution in [2.75, 3.05) is 5.75 Å². The van der Waals surface area contributed by atoms with Crippen LogP contribution >= 0.6 is 11.8 Å². The van der Waals surface area contributed by atoms with Crippen LogP contribution in [0, 0.1) is 16.0 Å². The van der Waals surface area contributed by atoms with Crippen LogP contribution in [-0.2, 0) is 6.54 Å². The number of hydrogen-bond donors (Lipinski definition) is 1. The van der Waals surface area contributed by atoms with Crippen LogP contribution in [0.5, 0.6) is 0 Å². The van der Waals surface area contributed by atoms with E-state index in [9.17, 15) is 14.9 Å². The molecule has 0 saturated heterocycles. The van der Waals surface area contributed by atoms with Crippen molar-refractivity contribution in [3.8, 4) is 0 Å². The molecule has 0 aliphatic heterocycles. The van der Waals surface area contributed by atoms with E-state index in [0.717, 1.165) is 12.2 Å². The van der Waals surface area contributed by atoms with E-state index in [0.29, 0.717) is 16.6 Å². The van der Waals surface area contributed by atoms with Crippen LogP contribution in [0.4, 0.5) is 5.69 Å². The normalized spacial score (nSPS) is 10.8. The van der Waals surface area contributed by atoms with E-state index in [-0.39, 0.29) is 23.7 Å². The smallest absolute Gasteiger partial charge is 0.283 e. The van der Waals surface area contributed by atoms with Gasteiger partial charge in [-0.3, -0.25) is 14.9 Å². The molecule has 1 aromatic heterocycles. The predicted octanol–water partition coefficient (Wildman–Crippen LogP) is 4.26. The van der Waals surface area contributed by atoms with Crippen LogP contribution in [0.1, 0.15) is 36.4 Å². The second-order valence-electron chi connectivity index (χ2n) is 5.73. The molecule has 1 aromatic carbocycles. The average molecular weight is 348 g/mol. The zero-order valence-electron chi connectivity index (χ0n) is 13.7. The summed E-state index contributed by atoms with van der Waals surface area (Å²) in [6, 6.07) is 8.06. The monoisotopic (exact) mass is 348 g/mol. The van der Waals surface area contributed by atoms with E-state index >= 15 is 0 Å². The van der Waals surface area contributed by atoms with Gasteiger partial charge in [-0.2, -0.15) is 0 Å². The molecule has 0 atom stereocenters. The van der Waals surface area contributed by atoms with Crippen molar-refractivity contribution in [3.63, 3.8) is 0 Å². The highest BCUT2D eigenvalue weighted by Crippen LogP contribution is 2.31. The molecule has 7 heteroatoms. The molecule has 128 valence electrons. The first-order chi connectivity index (χ1) is 11.5. The summed E-state index contributed by atoms with van der Waals surface area (Å²) in [4.78, 5) is 23.6. The van der Waals surface area contributed by atoms with Crippen molar-refractivity contribution in [1.82, 2.24) is 5.32 Å². The van der Waals surface area contributed by atoms with Crippen LogP contribution < -0.4 is 5.32 Å². The molecule has 0 unspecified atom stereocenters. The number of rotatable bonds is 8. The molecule has 1 N–H and O–H groups in total. The van der Waals surface area contributed by atoms with E-state index < -0.39 is 4.92 Å². The summed E-state index contributed by atoms with van der Waals surface area (Å²) in [5.41, 5.74) is 0.232. The number of benzene rings is 1. The van der Waals surface area contributed by atoms with E-state index in [1.165, 1.54) is 24.1 Å². The molecular weight excluding hydrogens is 328 g/mol. The number of furan rings is 1. The fourth-order valence-corrected chi connectivity index (χ4v) is 3.27. The molecule has 6 nitrogen and oxygen atoms in total. The van der Waals surface area contributed by atoms with Gasteiger partial charge in [0, 0.05) is 11.6 Å². The van der Waals surface area contributed by atoms with Crippen LogP contribution in [0.25, 0.3) is 0 Å². The largest absolute Gasteiger partial charge is 0.467 e. The number of carbonyl (C=O) groups excluding carboxylic acids is 1. The topological polar surface area (TPSA) is 85.4 Å². The molecule has 0 radical (unpaired) electrons. The van der Waals surface area contributed by atoms with Crippen LogP contribution in [-0.4, -0.2) is 16.6 Å². The van der Waals surface area contributed by atoms with Gasteiger partial charge in [0.15, 0.2) is 0 Å². The van der Waals surface area contributed by atoms with Crippen molar-refractivity contribution in [3.05, 3.63) is 58.0 Å². The van der Waals surface area contributed by atoms with Gasteiger partial charge in [0.2, 0.25) is 0 Å². The number of nitrogens with one attached hydrogen (secondary N) is 1. The lowest BCUT2D eigenvalue weighted by atomic mass is 10.2. The predicted molar refractivity (Wildman–Crippen MR) is 93.2 cm³/mol. The Balaban J connectivity index is 2.06. The molecule has 0 bridgehead atoms. The Morgan fingerprint density at radius 2 is 2.17 bits per heavy atom. The van der Waals surface area contributed by atoms with Gasteiger partial charge in [-0.25, -0.2) is 0 Å². The standard InChI is InChI=1S/C17H20N2O4S/c1-12(2)7-9-24-16-6-5-13(10-15(16)19(21)22)17(20)18-11-14-4-3-8-23-14/h3-6,8,10,12H,7,9,11H2,1-2H3,(H,18,20). The summed E-state index contributed by atoms with van der Waals surface area (Å²) in [6.45, 7) is 4.47. The molecule has 1 heterocycles. The lowest BCUT2D eigenvalue weighted by Gasteiger charge is -2.07. The Labute approximate surface area is 144 Å². The minimum atomic E-state index is -0.443. The fraction of sp³-hybridized carbons (Fsp3) is 0.353. The number of thioether (sulfide) groups is 1. The molecule has 1 amide bonds. The summed E-state index contributed by atoms with van der Waals surface area (Å²) in [5, 5.41) is 14.0. The zero-order chi connectivity index (χ0) is 17.5. The number of nitrogens with zero attached hydrogens (tertiary/aromatic N) is 1. The van der Waals surface area contributed by atoms with Crippen molar-refractivity contribution < 1.29 is 14.1 Å². The van der Waals surface area contributed by atoms with E-state index in [1.54, 1.807) is 24.3 Å². The maximum absolute atomic E-state index is 12.1. The first kappa shape index (κ1) is 18.1. The van der Waals surface area contributed by atoms with E-state index in [2.05, 4.69) is 19.2 Å². The minimum Gasteiger partial charge on any atom is -0.467 e. The van der Waals surface area contributed by atoms with Gasteiger partial charge in [-0.05, 0) is 42.4 Å². The van der Waals surface area contributed by atoms with E-state index in [4.69, 9.17) is 4.42 Å². The first-order valence-corrected chi connectivity index (χ1v) is 8.67. The molecule has 0 fully saturated rings. The minimum absolute atomic E-state index is 0.0330. The number of nitro benzene ring substituents is 1. The van der Waals surface area contributed by atoms with Crippen LogP contribution in [0.2, 0.25) is 0 Å². The molecule has 2 rings (SSSR count). The molecule has 0 aliphatic rings. The van der Waals surface area contributed by atoms with Gasteiger partial charge >= 0.3 is 0 Å². The summed E-state index contributed by atoms with van der Waals surface area (Å²) < 4.78 is 5.14. The molecule has 2 aromatic rings. The summed E-state index contributed by atoms with van der Waals surface area (Å²) in [6.07, 6.45) is 2.50. The molecule has 0 aliphatic carbocycles. The summed E-state index contributed by atoms with van der Waals surface area (Å²) >= 11 is 1.45. The SMILES string of the molecule is CC(C)CCSc1ccc(C(=O)NCc2ccco2)cc1[N+](=O)[O-]. The second-order valence-corrected chi connectivity index (χ2v) is 6.87. The Kier molecular flexibility index (Phi) is 6.43. The Bertz CT molecular complexity index is 699. The quantitative estimate of drug-likeness (QED) is 0.438. The fourth-order valence-electron chi connectivity index (χ4n) is 2.01. The highest BCUT2D eigenvalue weighted by atomic mass is 32.2. The van der Waals surface area contributed by atoms with Crippen molar-refractivity contribution in [1.29, 1.82) is 0 Å². The lowest BCUT2D eigenvalue weighted by Crippen LogP contribution is -2.22. The molecule has 0 saturated carbocycles. The Morgan fingerprint density at radius 3 is 2.79 bits per heavy atom. The maximum Gasteiger partial charge on any atom is 0.283 e. The third kappa shape index (κ3) is 5.13. The lowest BCUT2D eigenvalue weighted by molar-refractivity contribution is -0.387. The number of amides is 1. The average Bonchev–Trinajstić information content (AvgIpc) is 3.05. The van der Waals surface area contributed by atoms with Crippen LogP contribution in [0.15, 0.2) is 45.9 Å². The Morgan fingerprint density at radius 1 is 1.38 bits per heavy atom. The van der Waals surface area contributed by atoms with Crippen molar-refractivity contribution in [2.45, 2.75) is 31.7 Å². The van der Waals surface area contributed by atoms with E-state index in [1.807, 2.05) is 0 Å². The summed E-state index contributed by atoms with van der Waals surface area (Å²) in [5.74, 6) is 1.61. The van der Waals surface area contributed by atoms with Gasteiger partial charge in [-0.1, -0.05) is 13.8 Å². The zero-order valence-corrected chi connectivity index (χ0v) is 14.5. The van der Waals surface area contributed by atoms with Gasteiger partial charge < -0.3 is 9.73 Å². The number of nitro groups is 1. The van der Waals surface area contributed by atoms with Gasteiger partial charge in [-0.15, -0.1) is 11.8 Å². The highest BCUT2D eigenvalue weighted by Gasteiger charge is 2.18. The first-order valence-electron chi connectivity index (χ1n) is 7.69. The Hall–Kier alpha value is -2.28. The second kappa shape index (κ2) is 8.54. The highest BCUT2D eigenvalue weighted by molar-refractivity contribution is 7.99. The maximum atomic E-state index is 12.1. The molecule has 0 spiro atoms. The number of hydrogen-bond acceptors (Lipinski definition) is 5. The number of carbonyl (C=O) groups is 1. The van der Waals surface area contributed by atoms with Gasteiger partial charge in [0.25, 0.3) is 11.6 Å². The van der Waals surface area contributed by atoms with Gasteiger partial charge in [0.05, 0.1) is 22.6 Å². The summed E-state index contributed by atoms with van der Waals surface area (Å²) in [7, 11) is 0. The van der Waals surface area contributed by atoms with Crippen molar-refractivity contribution in [2.24, 2.45) is 5.92 Å². The third-order valence-corrected chi connectivity index (χ3v) is 4.47. The van der Waals surface area contributed by atoms with Crippen molar-refractivity contribution >= 4 is 23.4 Å².